The molecular formula is C25H23N9. The van der Waals surface area contributed by atoms with Gasteiger partial charge in [0.1, 0.15) is 17.8 Å². The van der Waals surface area contributed by atoms with Crippen LogP contribution >= 0.6 is 0 Å². The molecule has 6 rings (SSSR count). The van der Waals surface area contributed by atoms with Crippen molar-refractivity contribution in [2.24, 2.45) is 0 Å². The molecule has 0 saturated carbocycles. The second kappa shape index (κ2) is 8.20. The lowest BCUT2D eigenvalue weighted by Gasteiger charge is -2.05. The fraction of sp³-hybridized carbons (Fsp3) is 0.160. The van der Waals surface area contributed by atoms with Gasteiger partial charge in [0.2, 0.25) is 0 Å². The van der Waals surface area contributed by atoms with Crippen molar-refractivity contribution in [1.82, 2.24) is 45.0 Å². The average Bonchev–Trinajstić information content (AvgIpc) is 3.59. The molecule has 0 unspecified atom stereocenters. The van der Waals surface area contributed by atoms with Gasteiger partial charge < -0.3 is 10.3 Å². The Kier molecular flexibility index (Phi) is 4.88. The fourth-order valence-electron chi connectivity index (χ4n) is 4.18. The number of hydrogen-bond donors (Lipinski definition) is 3. The second-order valence-corrected chi connectivity index (χ2v) is 8.25. The standard InChI is InChI=1S/C25H23N9/c1-3-26-9-16-6-17(11-27-10-16)21-7-18-23(12-29-21)32-33-24(18)22-8-19-20(31-22)4-5-28-25(19)34-13-15(2)30-14-34/h4-8,10-14,26,31H,3,9H2,1-2H3,(H,32,33). The van der Waals surface area contributed by atoms with E-state index >= 15 is 0 Å². The Morgan fingerprint density at radius 1 is 1.00 bits per heavy atom. The summed E-state index contributed by atoms with van der Waals surface area (Å²) in [5.41, 5.74) is 7.49. The fourth-order valence-corrected chi connectivity index (χ4v) is 4.18. The number of aromatic amines is 2. The lowest BCUT2D eigenvalue weighted by Crippen LogP contribution is -2.11. The Morgan fingerprint density at radius 2 is 1.94 bits per heavy atom. The summed E-state index contributed by atoms with van der Waals surface area (Å²) in [5.74, 6) is 0.825. The number of rotatable bonds is 6. The predicted molar refractivity (Wildman–Crippen MR) is 131 cm³/mol. The summed E-state index contributed by atoms with van der Waals surface area (Å²) >= 11 is 0. The summed E-state index contributed by atoms with van der Waals surface area (Å²) in [5, 5.41) is 13.0. The van der Waals surface area contributed by atoms with Crippen LogP contribution in [0.1, 0.15) is 18.2 Å². The summed E-state index contributed by atoms with van der Waals surface area (Å²) in [4.78, 5) is 21.5. The minimum absolute atomic E-state index is 0.776. The summed E-state index contributed by atoms with van der Waals surface area (Å²) in [6.45, 7) is 5.74. The van der Waals surface area contributed by atoms with E-state index in [0.717, 1.165) is 74.6 Å². The minimum atomic E-state index is 0.776. The maximum Gasteiger partial charge on any atom is 0.147 e. The molecule has 6 aromatic rings. The number of fused-ring (bicyclic) bond motifs is 2. The number of imidazole rings is 1. The van der Waals surface area contributed by atoms with E-state index in [1.165, 1.54) is 0 Å². The van der Waals surface area contributed by atoms with Crippen LogP contribution in [0, 0.1) is 6.92 Å². The molecule has 0 aliphatic rings. The number of pyridine rings is 3. The van der Waals surface area contributed by atoms with Crippen LogP contribution in [0.5, 0.6) is 0 Å². The third kappa shape index (κ3) is 3.52. The zero-order chi connectivity index (χ0) is 23.1. The van der Waals surface area contributed by atoms with Crippen LogP contribution in [0.2, 0.25) is 0 Å². The molecule has 0 bridgehead atoms. The van der Waals surface area contributed by atoms with Gasteiger partial charge in [-0.3, -0.25) is 19.6 Å². The lowest BCUT2D eigenvalue weighted by molar-refractivity contribution is 0.724. The van der Waals surface area contributed by atoms with Crippen molar-refractivity contribution in [3.63, 3.8) is 0 Å². The lowest BCUT2D eigenvalue weighted by atomic mass is 10.1. The van der Waals surface area contributed by atoms with E-state index in [1.807, 2.05) is 42.3 Å². The number of nitrogens with one attached hydrogen (secondary N) is 3. The largest absolute Gasteiger partial charge is 0.353 e. The highest BCUT2D eigenvalue weighted by Crippen LogP contribution is 2.32. The molecule has 9 heteroatoms. The molecule has 0 atom stereocenters. The van der Waals surface area contributed by atoms with Gasteiger partial charge in [-0.1, -0.05) is 6.92 Å². The van der Waals surface area contributed by atoms with Crippen molar-refractivity contribution in [3.05, 3.63) is 72.8 Å². The Bertz CT molecular complexity index is 1620. The zero-order valence-corrected chi connectivity index (χ0v) is 18.9. The minimum Gasteiger partial charge on any atom is -0.353 e. The van der Waals surface area contributed by atoms with Crippen LogP contribution in [0.25, 0.3) is 50.3 Å². The van der Waals surface area contributed by atoms with E-state index in [-0.39, 0.29) is 0 Å². The van der Waals surface area contributed by atoms with Crippen LogP contribution in [-0.2, 0) is 6.54 Å². The SMILES string of the molecule is CCNCc1cncc(-c2cc3c(-c4cc5c(-n6cnc(C)c6)nccc5[nH]4)n[nH]c3cn2)c1. The highest BCUT2D eigenvalue weighted by atomic mass is 15.1. The van der Waals surface area contributed by atoms with E-state index in [0.29, 0.717) is 0 Å². The van der Waals surface area contributed by atoms with Gasteiger partial charge in [0.25, 0.3) is 0 Å². The second-order valence-electron chi connectivity index (χ2n) is 8.25. The van der Waals surface area contributed by atoms with E-state index < -0.39 is 0 Å². The van der Waals surface area contributed by atoms with Crippen molar-refractivity contribution in [1.29, 1.82) is 0 Å². The molecule has 34 heavy (non-hydrogen) atoms. The summed E-state index contributed by atoms with van der Waals surface area (Å²) < 4.78 is 1.94. The number of hydrogen-bond acceptors (Lipinski definition) is 6. The molecule has 3 N–H and O–H groups in total. The third-order valence-electron chi connectivity index (χ3n) is 5.86. The first-order valence-corrected chi connectivity index (χ1v) is 11.2. The van der Waals surface area contributed by atoms with Crippen molar-refractivity contribution < 1.29 is 0 Å². The van der Waals surface area contributed by atoms with E-state index in [4.69, 9.17) is 0 Å². The Balaban J connectivity index is 1.44. The Hall–Kier alpha value is -4.37. The van der Waals surface area contributed by atoms with E-state index in [1.54, 1.807) is 12.5 Å². The summed E-state index contributed by atoms with van der Waals surface area (Å²) in [6.07, 6.45) is 11.1. The summed E-state index contributed by atoms with van der Waals surface area (Å²) in [6, 6.07) is 8.24. The molecule has 6 heterocycles. The molecule has 9 nitrogen and oxygen atoms in total. The molecule has 0 aliphatic heterocycles. The summed E-state index contributed by atoms with van der Waals surface area (Å²) in [7, 11) is 0. The highest BCUT2D eigenvalue weighted by Gasteiger charge is 2.15. The highest BCUT2D eigenvalue weighted by molar-refractivity contribution is 5.98. The number of H-pyrrole nitrogens is 2. The first-order chi connectivity index (χ1) is 16.7. The van der Waals surface area contributed by atoms with Gasteiger partial charge in [-0.15, -0.1) is 0 Å². The van der Waals surface area contributed by atoms with Crippen LogP contribution in [-0.4, -0.2) is 46.2 Å². The maximum atomic E-state index is 4.64. The van der Waals surface area contributed by atoms with Gasteiger partial charge in [0, 0.05) is 47.7 Å². The van der Waals surface area contributed by atoms with Crippen molar-refractivity contribution in [2.75, 3.05) is 6.54 Å². The molecular weight excluding hydrogens is 426 g/mol. The van der Waals surface area contributed by atoms with Crippen LogP contribution in [0.4, 0.5) is 0 Å². The monoisotopic (exact) mass is 449 g/mol. The molecule has 0 saturated heterocycles. The van der Waals surface area contributed by atoms with Gasteiger partial charge in [0.05, 0.1) is 34.3 Å². The molecule has 168 valence electrons. The van der Waals surface area contributed by atoms with E-state index in [9.17, 15) is 0 Å². The third-order valence-corrected chi connectivity index (χ3v) is 5.86. The predicted octanol–water partition coefficient (Wildman–Crippen LogP) is 4.17. The van der Waals surface area contributed by atoms with Crippen molar-refractivity contribution in [2.45, 2.75) is 20.4 Å². The first kappa shape index (κ1) is 20.3. The van der Waals surface area contributed by atoms with Crippen LogP contribution < -0.4 is 5.32 Å². The van der Waals surface area contributed by atoms with Gasteiger partial charge >= 0.3 is 0 Å². The van der Waals surface area contributed by atoms with Crippen molar-refractivity contribution in [3.8, 4) is 28.5 Å². The number of aryl methyl sites for hydroxylation is 1. The number of aromatic nitrogens is 8. The molecule has 0 aromatic carbocycles. The molecule has 0 aliphatic carbocycles. The van der Waals surface area contributed by atoms with E-state index in [2.05, 4.69) is 65.6 Å². The molecule has 0 amide bonds. The number of nitrogens with zero attached hydrogens (tertiary/aromatic N) is 6. The molecule has 6 aromatic heterocycles. The Labute approximate surface area is 195 Å². The van der Waals surface area contributed by atoms with Gasteiger partial charge in [-0.05, 0) is 43.3 Å². The first-order valence-electron chi connectivity index (χ1n) is 11.2. The quantitative estimate of drug-likeness (QED) is 0.352. The molecule has 0 fully saturated rings. The average molecular weight is 450 g/mol. The maximum absolute atomic E-state index is 4.64. The smallest absolute Gasteiger partial charge is 0.147 e. The van der Waals surface area contributed by atoms with Crippen LogP contribution in [0.15, 0.2) is 61.6 Å². The van der Waals surface area contributed by atoms with Crippen LogP contribution in [0.3, 0.4) is 0 Å². The normalized spacial score (nSPS) is 11.6. The van der Waals surface area contributed by atoms with Crippen molar-refractivity contribution >= 4 is 21.8 Å². The molecule has 0 radical (unpaired) electrons. The molecule has 0 spiro atoms. The zero-order valence-electron chi connectivity index (χ0n) is 18.9. The Morgan fingerprint density at radius 3 is 2.79 bits per heavy atom. The van der Waals surface area contributed by atoms with Gasteiger partial charge in [-0.2, -0.15) is 5.10 Å². The van der Waals surface area contributed by atoms with Gasteiger partial charge in [0.15, 0.2) is 0 Å². The van der Waals surface area contributed by atoms with Gasteiger partial charge in [-0.25, -0.2) is 9.97 Å². The topological polar surface area (TPSA) is 113 Å².